The zero-order valence-corrected chi connectivity index (χ0v) is 18.4. The zero-order valence-electron chi connectivity index (χ0n) is 18.4. The standard InChI is InChI=1S/C23H24N4O6/c1-31-17-10-9-14(19(32-2)20(17)33-3)15-11-16(26-25-15)18-21(28)24-23(30)27(22(18)29)12-13-7-5-4-6-8-13/h4-10,15,25,29H,11-12H2,1-3H3,(H,24,28,30)/t15-/m1/s1. The van der Waals surface area contributed by atoms with Crippen molar-refractivity contribution in [3.63, 3.8) is 0 Å². The molecule has 0 aliphatic carbocycles. The average Bonchev–Trinajstić information content (AvgIpc) is 3.30. The molecule has 1 aliphatic rings. The van der Waals surface area contributed by atoms with Crippen LogP contribution >= 0.6 is 0 Å². The number of hydrazone groups is 1. The van der Waals surface area contributed by atoms with E-state index in [2.05, 4.69) is 15.5 Å². The van der Waals surface area contributed by atoms with Crippen molar-refractivity contribution in [2.45, 2.75) is 19.0 Å². The average molecular weight is 452 g/mol. The second-order valence-corrected chi connectivity index (χ2v) is 7.40. The Morgan fingerprint density at radius 3 is 2.42 bits per heavy atom. The molecule has 10 nitrogen and oxygen atoms in total. The van der Waals surface area contributed by atoms with Gasteiger partial charge in [0.15, 0.2) is 11.5 Å². The minimum atomic E-state index is -0.706. The Kier molecular flexibility index (Phi) is 6.07. The van der Waals surface area contributed by atoms with Crippen molar-refractivity contribution in [2.24, 2.45) is 5.10 Å². The fraction of sp³-hybridized carbons (Fsp3) is 0.261. The summed E-state index contributed by atoms with van der Waals surface area (Å²) in [5.41, 5.74) is 3.38. The van der Waals surface area contributed by atoms with E-state index in [9.17, 15) is 14.7 Å². The number of nitrogens with one attached hydrogen (secondary N) is 2. The number of benzene rings is 2. The summed E-state index contributed by atoms with van der Waals surface area (Å²) in [6.07, 6.45) is 0.270. The topological polar surface area (TPSA) is 127 Å². The lowest BCUT2D eigenvalue weighted by Gasteiger charge is -2.19. The molecule has 0 saturated carbocycles. The lowest BCUT2D eigenvalue weighted by Crippen LogP contribution is -2.34. The third-order valence-corrected chi connectivity index (χ3v) is 5.51. The minimum Gasteiger partial charge on any atom is -0.494 e. The quantitative estimate of drug-likeness (QED) is 0.498. The highest BCUT2D eigenvalue weighted by atomic mass is 16.5. The van der Waals surface area contributed by atoms with Crippen LogP contribution in [0.25, 0.3) is 0 Å². The molecule has 3 N–H and O–H groups in total. The first kappa shape index (κ1) is 22.0. The van der Waals surface area contributed by atoms with Crippen molar-refractivity contribution < 1.29 is 19.3 Å². The van der Waals surface area contributed by atoms with Crippen molar-refractivity contribution in [1.29, 1.82) is 0 Å². The van der Waals surface area contributed by atoms with Crippen LogP contribution in [0.2, 0.25) is 0 Å². The van der Waals surface area contributed by atoms with Crippen molar-refractivity contribution >= 4 is 5.71 Å². The molecule has 4 rings (SSSR count). The van der Waals surface area contributed by atoms with Crippen molar-refractivity contribution in [3.8, 4) is 23.1 Å². The van der Waals surface area contributed by atoms with E-state index in [0.29, 0.717) is 23.0 Å². The van der Waals surface area contributed by atoms with Gasteiger partial charge < -0.3 is 24.7 Å². The van der Waals surface area contributed by atoms with E-state index in [1.54, 1.807) is 6.07 Å². The number of hydrogen-bond donors (Lipinski definition) is 3. The molecule has 1 atom stereocenters. The Morgan fingerprint density at radius 1 is 1.03 bits per heavy atom. The minimum absolute atomic E-state index is 0.0556. The summed E-state index contributed by atoms with van der Waals surface area (Å²) in [5.74, 6) is 0.982. The molecule has 0 saturated heterocycles. The van der Waals surface area contributed by atoms with Crippen LogP contribution in [-0.2, 0) is 6.54 Å². The number of H-pyrrole nitrogens is 1. The molecule has 33 heavy (non-hydrogen) atoms. The van der Waals surface area contributed by atoms with Gasteiger partial charge in [0.1, 0.15) is 5.56 Å². The van der Waals surface area contributed by atoms with Crippen LogP contribution in [0.1, 0.15) is 29.2 Å². The van der Waals surface area contributed by atoms with Gasteiger partial charge in [0.2, 0.25) is 11.6 Å². The van der Waals surface area contributed by atoms with Gasteiger partial charge in [-0.15, -0.1) is 0 Å². The number of aromatic hydroxyl groups is 1. The van der Waals surface area contributed by atoms with E-state index >= 15 is 0 Å². The summed E-state index contributed by atoms with van der Waals surface area (Å²) in [6.45, 7) is 0.100. The van der Waals surface area contributed by atoms with Crippen LogP contribution in [0.3, 0.4) is 0 Å². The SMILES string of the molecule is COc1ccc([C@H]2CC(c3c(O)n(Cc4ccccc4)c(=O)[nH]c3=O)=NN2)c(OC)c1OC. The Bertz CT molecular complexity index is 1310. The Labute approximate surface area is 189 Å². The maximum Gasteiger partial charge on any atom is 0.331 e. The normalized spacial score (nSPS) is 15.0. The number of ether oxygens (including phenoxy) is 3. The lowest BCUT2D eigenvalue weighted by molar-refractivity contribution is 0.320. The van der Waals surface area contributed by atoms with Gasteiger partial charge in [-0.2, -0.15) is 5.10 Å². The first-order valence-corrected chi connectivity index (χ1v) is 10.2. The number of rotatable bonds is 7. The summed E-state index contributed by atoms with van der Waals surface area (Å²) in [7, 11) is 4.57. The van der Waals surface area contributed by atoms with Gasteiger partial charge in [-0.3, -0.25) is 14.3 Å². The van der Waals surface area contributed by atoms with Crippen LogP contribution in [-0.4, -0.2) is 41.7 Å². The third-order valence-electron chi connectivity index (χ3n) is 5.51. The highest BCUT2D eigenvalue weighted by Gasteiger charge is 2.30. The molecule has 0 radical (unpaired) electrons. The molecular weight excluding hydrogens is 428 g/mol. The van der Waals surface area contributed by atoms with Gasteiger partial charge in [-0.25, -0.2) is 4.79 Å². The number of aromatic nitrogens is 2. The zero-order chi connectivity index (χ0) is 23.5. The number of hydrogen-bond acceptors (Lipinski definition) is 8. The first-order chi connectivity index (χ1) is 16.0. The Hall–Kier alpha value is -4.21. The van der Waals surface area contributed by atoms with E-state index in [4.69, 9.17) is 14.2 Å². The highest BCUT2D eigenvalue weighted by Crippen LogP contribution is 2.43. The van der Waals surface area contributed by atoms with Gasteiger partial charge in [0.25, 0.3) is 5.56 Å². The summed E-state index contributed by atoms with van der Waals surface area (Å²) < 4.78 is 17.4. The predicted molar refractivity (Wildman–Crippen MR) is 122 cm³/mol. The Balaban J connectivity index is 1.68. The molecule has 0 fully saturated rings. The Morgan fingerprint density at radius 2 is 1.76 bits per heavy atom. The van der Waals surface area contributed by atoms with E-state index in [0.717, 1.165) is 15.7 Å². The maximum absolute atomic E-state index is 12.6. The lowest BCUT2D eigenvalue weighted by atomic mass is 9.98. The van der Waals surface area contributed by atoms with Gasteiger partial charge in [-0.1, -0.05) is 30.3 Å². The molecule has 172 valence electrons. The molecule has 10 heteroatoms. The molecule has 0 bridgehead atoms. The van der Waals surface area contributed by atoms with Crippen LogP contribution in [0.4, 0.5) is 0 Å². The van der Waals surface area contributed by atoms with Crippen molar-refractivity contribution in [3.05, 3.63) is 80.0 Å². The second kappa shape index (κ2) is 9.11. The van der Waals surface area contributed by atoms with E-state index in [-0.39, 0.29) is 24.6 Å². The monoisotopic (exact) mass is 452 g/mol. The number of methoxy groups -OCH3 is 3. The molecule has 3 aromatic rings. The van der Waals surface area contributed by atoms with Crippen LogP contribution < -0.4 is 30.9 Å². The maximum atomic E-state index is 12.6. The van der Waals surface area contributed by atoms with Gasteiger partial charge in [0.05, 0.1) is 39.6 Å². The van der Waals surface area contributed by atoms with Crippen molar-refractivity contribution in [2.75, 3.05) is 21.3 Å². The smallest absolute Gasteiger partial charge is 0.331 e. The molecule has 0 amide bonds. The van der Waals surface area contributed by atoms with Gasteiger partial charge >= 0.3 is 5.69 Å². The first-order valence-electron chi connectivity index (χ1n) is 10.2. The van der Waals surface area contributed by atoms with Gasteiger partial charge in [-0.05, 0) is 17.7 Å². The summed E-state index contributed by atoms with van der Waals surface area (Å²) in [6, 6.07) is 12.4. The fourth-order valence-corrected chi connectivity index (χ4v) is 3.91. The molecule has 0 unspecified atom stereocenters. The van der Waals surface area contributed by atoms with Gasteiger partial charge in [0, 0.05) is 12.0 Å². The van der Waals surface area contributed by atoms with Crippen molar-refractivity contribution in [1.82, 2.24) is 15.0 Å². The fourth-order valence-electron chi connectivity index (χ4n) is 3.91. The molecule has 1 aromatic heterocycles. The molecule has 0 spiro atoms. The van der Waals surface area contributed by atoms with Crippen LogP contribution in [0.5, 0.6) is 23.1 Å². The molecule has 1 aliphatic heterocycles. The number of aromatic amines is 1. The summed E-state index contributed by atoms with van der Waals surface area (Å²) >= 11 is 0. The van der Waals surface area contributed by atoms with E-state index in [1.165, 1.54) is 21.3 Å². The highest BCUT2D eigenvalue weighted by molar-refractivity contribution is 6.03. The van der Waals surface area contributed by atoms with E-state index < -0.39 is 17.1 Å². The molecule has 2 heterocycles. The molecular formula is C23H24N4O6. The second-order valence-electron chi connectivity index (χ2n) is 7.40. The summed E-state index contributed by atoms with van der Waals surface area (Å²) in [4.78, 5) is 27.3. The third kappa shape index (κ3) is 4.02. The van der Waals surface area contributed by atoms with Crippen LogP contribution in [0, 0.1) is 0 Å². The van der Waals surface area contributed by atoms with Crippen LogP contribution in [0.15, 0.2) is 57.2 Å². The van der Waals surface area contributed by atoms with E-state index in [1.807, 2.05) is 36.4 Å². The predicted octanol–water partition coefficient (Wildman–Crippen LogP) is 1.75. The summed E-state index contributed by atoms with van der Waals surface area (Å²) in [5, 5.41) is 15.1. The molecule has 2 aromatic carbocycles. The largest absolute Gasteiger partial charge is 0.494 e. The number of nitrogens with zero attached hydrogens (tertiary/aromatic N) is 2.